The molecule has 0 N–H and O–H groups in total. The third-order valence-electron chi connectivity index (χ3n) is 11.4. The topological polar surface area (TPSA) is 78.9 Å². The summed E-state index contributed by atoms with van der Waals surface area (Å²) in [6.45, 7) is 6.45. The van der Waals surface area contributed by atoms with Gasteiger partial charge in [0.1, 0.15) is 13.2 Å². The predicted molar refractivity (Wildman–Crippen MR) is 274 cm³/mol. The molecule has 0 heterocycles. The summed E-state index contributed by atoms with van der Waals surface area (Å²) in [7, 11) is 0. The van der Waals surface area contributed by atoms with Crippen molar-refractivity contribution in [3.05, 3.63) is 72.9 Å². The van der Waals surface area contributed by atoms with Crippen LogP contribution in [0.1, 0.15) is 258 Å². The fourth-order valence-corrected chi connectivity index (χ4v) is 7.41. The van der Waals surface area contributed by atoms with Crippen LogP contribution in [0.2, 0.25) is 0 Å². The normalized spacial score (nSPS) is 12.6. The van der Waals surface area contributed by atoms with Crippen LogP contribution in [0.25, 0.3) is 0 Å². The zero-order valence-electron chi connectivity index (χ0n) is 42.0. The number of carbonyl (C=O) groups is 3. The van der Waals surface area contributed by atoms with E-state index >= 15 is 0 Å². The van der Waals surface area contributed by atoms with Gasteiger partial charge in [-0.1, -0.05) is 229 Å². The van der Waals surface area contributed by atoms with Crippen LogP contribution in [0.4, 0.5) is 0 Å². The maximum absolute atomic E-state index is 12.8. The van der Waals surface area contributed by atoms with Crippen molar-refractivity contribution in [1.29, 1.82) is 0 Å². The van der Waals surface area contributed by atoms with E-state index in [0.717, 1.165) is 109 Å². The average molecular weight is 893 g/mol. The summed E-state index contributed by atoms with van der Waals surface area (Å²) in [4.78, 5) is 37.9. The Morgan fingerprint density at radius 3 is 1.03 bits per heavy atom. The van der Waals surface area contributed by atoms with Gasteiger partial charge in [0.2, 0.25) is 0 Å². The van der Waals surface area contributed by atoms with Crippen LogP contribution >= 0.6 is 0 Å². The molecule has 1 unspecified atom stereocenters. The third-order valence-corrected chi connectivity index (χ3v) is 11.4. The highest BCUT2D eigenvalue weighted by Gasteiger charge is 2.19. The number of hydrogen-bond acceptors (Lipinski definition) is 6. The highest BCUT2D eigenvalue weighted by atomic mass is 16.6. The van der Waals surface area contributed by atoms with E-state index in [-0.39, 0.29) is 31.1 Å². The van der Waals surface area contributed by atoms with Gasteiger partial charge in [-0.15, -0.1) is 0 Å². The van der Waals surface area contributed by atoms with Crippen molar-refractivity contribution in [1.82, 2.24) is 0 Å². The van der Waals surface area contributed by atoms with Gasteiger partial charge < -0.3 is 14.2 Å². The Morgan fingerprint density at radius 2 is 0.641 bits per heavy atom. The lowest BCUT2D eigenvalue weighted by molar-refractivity contribution is -0.167. The lowest BCUT2D eigenvalue weighted by Gasteiger charge is -2.18. The minimum absolute atomic E-state index is 0.0795. The van der Waals surface area contributed by atoms with Gasteiger partial charge in [0.25, 0.3) is 0 Å². The van der Waals surface area contributed by atoms with Crippen LogP contribution in [-0.2, 0) is 28.6 Å². The average Bonchev–Trinajstić information content (AvgIpc) is 3.29. The Morgan fingerprint density at radius 1 is 0.328 bits per heavy atom. The van der Waals surface area contributed by atoms with E-state index in [0.29, 0.717) is 19.3 Å². The second kappa shape index (κ2) is 52.5. The summed E-state index contributed by atoms with van der Waals surface area (Å²) >= 11 is 0. The van der Waals surface area contributed by atoms with Crippen molar-refractivity contribution < 1.29 is 28.6 Å². The van der Waals surface area contributed by atoms with Crippen molar-refractivity contribution in [2.75, 3.05) is 13.2 Å². The van der Waals surface area contributed by atoms with E-state index < -0.39 is 6.10 Å². The fourth-order valence-electron chi connectivity index (χ4n) is 7.41. The number of esters is 3. The third kappa shape index (κ3) is 49.9. The first-order chi connectivity index (χ1) is 31.5. The van der Waals surface area contributed by atoms with Crippen molar-refractivity contribution >= 4 is 17.9 Å². The first-order valence-electron chi connectivity index (χ1n) is 26.9. The standard InChI is InChI=1S/C58H100O6/c1-4-7-10-13-16-19-22-23-24-25-26-27-28-29-30-31-32-33-34-35-37-39-42-45-48-51-57(60)63-54-55(53-62-56(59)50-47-44-41-38-21-18-15-12-9-6-3)64-58(61)52-49-46-43-40-36-20-17-14-11-8-5-2/h7,10,12,15-16,19,23-24,26-27,29-30,55H,4-6,8-9,11,13-14,17-18,20-22,25,28,31-54H2,1-3H3/b10-7-,15-12-,19-16-,24-23-,27-26-,30-29-. The van der Waals surface area contributed by atoms with Gasteiger partial charge >= 0.3 is 17.9 Å². The monoisotopic (exact) mass is 893 g/mol. The molecule has 0 saturated heterocycles. The van der Waals surface area contributed by atoms with Gasteiger partial charge in [0, 0.05) is 19.3 Å². The second-order valence-corrected chi connectivity index (χ2v) is 17.8. The molecule has 0 aromatic carbocycles. The van der Waals surface area contributed by atoms with E-state index in [1.165, 1.54) is 109 Å². The number of allylic oxidation sites excluding steroid dienone is 12. The first-order valence-corrected chi connectivity index (χ1v) is 26.9. The molecule has 0 amide bonds. The Labute approximate surface area is 395 Å². The zero-order valence-corrected chi connectivity index (χ0v) is 42.0. The van der Waals surface area contributed by atoms with Crippen molar-refractivity contribution in [2.45, 2.75) is 264 Å². The largest absolute Gasteiger partial charge is 0.462 e. The molecule has 0 aliphatic rings. The van der Waals surface area contributed by atoms with Gasteiger partial charge in [-0.2, -0.15) is 0 Å². The number of hydrogen-bond donors (Lipinski definition) is 0. The summed E-state index contributed by atoms with van der Waals surface area (Å²) in [5.41, 5.74) is 0. The second-order valence-electron chi connectivity index (χ2n) is 17.8. The Hall–Kier alpha value is -3.15. The van der Waals surface area contributed by atoms with Crippen LogP contribution in [0.5, 0.6) is 0 Å². The lowest BCUT2D eigenvalue weighted by Crippen LogP contribution is -2.30. The molecular formula is C58H100O6. The fraction of sp³-hybridized carbons (Fsp3) is 0.741. The van der Waals surface area contributed by atoms with Gasteiger partial charge in [0.15, 0.2) is 6.10 Å². The molecule has 64 heavy (non-hydrogen) atoms. The minimum Gasteiger partial charge on any atom is -0.462 e. The molecule has 0 aliphatic carbocycles. The molecule has 368 valence electrons. The van der Waals surface area contributed by atoms with Gasteiger partial charge in [0.05, 0.1) is 0 Å². The Kier molecular flexibility index (Phi) is 49.9. The smallest absolute Gasteiger partial charge is 0.306 e. The Bertz CT molecular complexity index is 1210. The Balaban J connectivity index is 4.22. The number of carbonyl (C=O) groups excluding carboxylic acids is 3. The molecule has 0 fully saturated rings. The molecule has 0 rings (SSSR count). The molecule has 0 radical (unpaired) electrons. The van der Waals surface area contributed by atoms with Crippen molar-refractivity contribution in [3.8, 4) is 0 Å². The van der Waals surface area contributed by atoms with Crippen LogP contribution in [0.15, 0.2) is 72.9 Å². The SMILES string of the molecule is CC/C=C\C/C=C\C/C=C\C/C=C\C/C=C\CCCCCCCCCCCC(=O)OCC(COC(=O)CCCCCCC/C=C\CCC)OC(=O)CCCCCCCCCCCCC. The van der Waals surface area contributed by atoms with Crippen LogP contribution in [-0.4, -0.2) is 37.2 Å². The van der Waals surface area contributed by atoms with E-state index in [4.69, 9.17) is 14.2 Å². The van der Waals surface area contributed by atoms with Gasteiger partial charge in [-0.25, -0.2) is 0 Å². The summed E-state index contributed by atoms with van der Waals surface area (Å²) in [6, 6.07) is 0. The maximum Gasteiger partial charge on any atom is 0.306 e. The van der Waals surface area contributed by atoms with Gasteiger partial charge in [-0.3, -0.25) is 14.4 Å². The summed E-state index contributed by atoms with van der Waals surface area (Å²) in [5, 5.41) is 0. The summed E-state index contributed by atoms with van der Waals surface area (Å²) in [5.74, 6) is -0.893. The minimum atomic E-state index is -0.777. The van der Waals surface area contributed by atoms with Crippen molar-refractivity contribution in [3.63, 3.8) is 0 Å². The molecule has 0 aliphatic heterocycles. The maximum atomic E-state index is 12.8. The van der Waals surface area contributed by atoms with Crippen molar-refractivity contribution in [2.24, 2.45) is 0 Å². The van der Waals surface area contributed by atoms with E-state index in [1.54, 1.807) is 0 Å². The van der Waals surface area contributed by atoms with E-state index in [1.807, 2.05) is 0 Å². The zero-order chi connectivity index (χ0) is 46.5. The van der Waals surface area contributed by atoms with Crippen LogP contribution < -0.4 is 0 Å². The summed E-state index contributed by atoms with van der Waals surface area (Å²) in [6.07, 6.45) is 66.1. The van der Waals surface area contributed by atoms with Crippen LogP contribution in [0.3, 0.4) is 0 Å². The molecule has 0 aromatic rings. The molecule has 6 nitrogen and oxygen atoms in total. The lowest BCUT2D eigenvalue weighted by atomic mass is 10.1. The quantitative estimate of drug-likeness (QED) is 0.0262. The molecule has 6 heteroatoms. The highest BCUT2D eigenvalue weighted by molar-refractivity contribution is 5.71. The van der Waals surface area contributed by atoms with Gasteiger partial charge in [-0.05, 0) is 83.5 Å². The van der Waals surface area contributed by atoms with E-state index in [9.17, 15) is 14.4 Å². The molecule has 0 bridgehead atoms. The van der Waals surface area contributed by atoms with Crippen LogP contribution in [0, 0.1) is 0 Å². The predicted octanol–water partition coefficient (Wildman–Crippen LogP) is 17.8. The molecule has 0 spiro atoms. The number of ether oxygens (including phenoxy) is 3. The molecular weight excluding hydrogens is 793 g/mol. The number of unbranched alkanes of at least 4 members (excludes halogenated alkanes) is 25. The summed E-state index contributed by atoms with van der Waals surface area (Å²) < 4.78 is 16.8. The van der Waals surface area contributed by atoms with E-state index in [2.05, 4.69) is 93.7 Å². The molecule has 0 saturated carbocycles. The molecule has 0 aromatic heterocycles. The first kappa shape index (κ1) is 60.9. The number of rotatable bonds is 48. The molecule has 1 atom stereocenters. The highest BCUT2D eigenvalue weighted by Crippen LogP contribution is 2.15.